The van der Waals surface area contributed by atoms with Crippen molar-refractivity contribution in [2.75, 3.05) is 26.2 Å². The summed E-state index contributed by atoms with van der Waals surface area (Å²) in [5.74, 6) is 0.572. The molecule has 0 spiro atoms. The van der Waals surface area contributed by atoms with E-state index in [9.17, 15) is 9.90 Å². The van der Waals surface area contributed by atoms with Crippen LogP contribution in [0.3, 0.4) is 0 Å². The number of hydrogen-bond donors (Lipinski definition) is 2. The molecule has 23 heavy (non-hydrogen) atoms. The first-order chi connectivity index (χ1) is 11.1. The van der Waals surface area contributed by atoms with E-state index in [-0.39, 0.29) is 12.5 Å². The summed E-state index contributed by atoms with van der Waals surface area (Å²) in [6, 6.07) is 3.45. The lowest BCUT2D eigenvalue weighted by atomic mass is 9.99. The molecule has 124 valence electrons. The number of carbonyl (C=O) groups excluding carboxylic acids is 1. The van der Waals surface area contributed by atoms with E-state index in [2.05, 4.69) is 27.3 Å². The molecule has 1 amide bonds. The Bertz CT molecular complexity index is 663. The molecule has 0 aliphatic carbocycles. The Labute approximate surface area is 135 Å². The maximum Gasteiger partial charge on any atom is 0.252 e. The van der Waals surface area contributed by atoms with Crippen molar-refractivity contribution in [2.45, 2.75) is 25.9 Å². The highest BCUT2D eigenvalue weighted by Crippen LogP contribution is 2.15. The minimum atomic E-state index is -0.550. The lowest BCUT2D eigenvalue weighted by Crippen LogP contribution is -2.43. The van der Waals surface area contributed by atoms with E-state index in [0.717, 1.165) is 19.0 Å². The molecule has 0 aromatic carbocycles. The van der Waals surface area contributed by atoms with Gasteiger partial charge in [0.15, 0.2) is 5.65 Å². The first kappa shape index (κ1) is 15.9. The molecule has 0 bridgehead atoms. The Morgan fingerprint density at radius 2 is 2.22 bits per heavy atom. The van der Waals surface area contributed by atoms with Gasteiger partial charge in [0, 0.05) is 19.3 Å². The summed E-state index contributed by atoms with van der Waals surface area (Å²) >= 11 is 0. The summed E-state index contributed by atoms with van der Waals surface area (Å²) in [5, 5.41) is 20.6. The number of piperidine rings is 1. The van der Waals surface area contributed by atoms with Crippen molar-refractivity contribution in [3.63, 3.8) is 0 Å². The van der Waals surface area contributed by atoms with Gasteiger partial charge < -0.3 is 15.3 Å². The molecule has 1 fully saturated rings. The minimum Gasteiger partial charge on any atom is -0.390 e. The summed E-state index contributed by atoms with van der Waals surface area (Å²) in [4.78, 5) is 14.4. The second-order valence-electron chi connectivity index (χ2n) is 6.36. The van der Waals surface area contributed by atoms with Gasteiger partial charge in [-0.05, 0) is 44.0 Å². The zero-order chi connectivity index (χ0) is 16.2. The van der Waals surface area contributed by atoms with Crippen LogP contribution in [-0.2, 0) is 0 Å². The van der Waals surface area contributed by atoms with Crippen molar-refractivity contribution >= 4 is 11.6 Å². The quantitative estimate of drug-likeness (QED) is 0.841. The summed E-state index contributed by atoms with van der Waals surface area (Å²) in [6.07, 6.45) is 5.04. The molecule has 3 heterocycles. The number of aliphatic hydroxyl groups is 1. The highest BCUT2D eigenvalue weighted by Gasteiger charge is 2.18. The fraction of sp³-hybridized carbons (Fsp3) is 0.562. The maximum atomic E-state index is 12.2. The highest BCUT2D eigenvalue weighted by molar-refractivity contribution is 5.94. The Morgan fingerprint density at radius 1 is 1.43 bits per heavy atom. The highest BCUT2D eigenvalue weighted by atomic mass is 16.3. The monoisotopic (exact) mass is 317 g/mol. The van der Waals surface area contributed by atoms with Gasteiger partial charge in [-0.25, -0.2) is 0 Å². The number of aromatic nitrogens is 3. The normalized spacial score (nSPS) is 18.2. The van der Waals surface area contributed by atoms with E-state index in [0.29, 0.717) is 17.8 Å². The topological polar surface area (TPSA) is 82.8 Å². The van der Waals surface area contributed by atoms with Crippen LogP contribution in [-0.4, -0.2) is 62.8 Å². The average Bonchev–Trinajstić information content (AvgIpc) is 3.02. The van der Waals surface area contributed by atoms with Crippen LogP contribution in [0.4, 0.5) is 0 Å². The molecule has 7 nitrogen and oxygen atoms in total. The van der Waals surface area contributed by atoms with Crippen molar-refractivity contribution in [1.82, 2.24) is 24.8 Å². The van der Waals surface area contributed by atoms with E-state index in [4.69, 9.17) is 0 Å². The minimum absolute atomic E-state index is 0.202. The molecular weight excluding hydrogens is 294 g/mol. The maximum absolute atomic E-state index is 12.2. The van der Waals surface area contributed by atoms with Crippen LogP contribution in [0.1, 0.15) is 30.1 Å². The van der Waals surface area contributed by atoms with Crippen LogP contribution in [0, 0.1) is 5.92 Å². The summed E-state index contributed by atoms with van der Waals surface area (Å²) in [7, 11) is 0. The van der Waals surface area contributed by atoms with Gasteiger partial charge in [-0.15, -0.1) is 10.2 Å². The zero-order valence-corrected chi connectivity index (χ0v) is 13.4. The van der Waals surface area contributed by atoms with E-state index in [1.165, 1.54) is 12.8 Å². The van der Waals surface area contributed by atoms with Crippen LogP contribution in [0.25, 0.3) is 5.65 Å². The second kappa shape index (κ2) is 7.06. The van der Waals surface area contributed by atoms with Gasteiger partial charge in [0.2, 0.25) is 0 Å². The molecule has 1 aliphatic heterocycles. The molecule has 2 aromatic heterocycles. The number of amides is 1. The predicted octanol–water partition coefficient (Wildman–Crippen LogP) is 0.552. The molecule has 1 aliphatic rings. The van der Waals surface area contributed by atoms with E-state index >= 15 is 0 Å². The van der Waals surface area contributed by atoms with Gasteiger partial charge in [0.05, 0.1) is 11.7 Å². The Hall–Kier alpha value is -1.99. The Balaban J connectivity index is 1.48. The summed E-state index contributed by atoms with van der Waals surface area (Å²) in [5.41, 5.74) is 1.22. The number of hydrogen-bond acceptors (Lipinski definition) is 5. The molecular formula is C16H23N5O2. The summed E-state index contributed by atoms with van der Waals surface area (Å²) < 4.78 is 1.69. The second-order valence-corrected chi connectivity index (χ2v) is 6.36. The molecule has 3 rings (SSSR count). The number of nitrogens with one attached hydrogen (secondary N) is 1. The zero-order valence-electron chi connectivity index (χ0n) is 13.4. The molecule has 0 saturated carbocycles. The number of fused-ring (bicyclic) bond motifs is 1. The molecule has 1 unspecified atom stereocenters. The van der Waals surface area contributed by atoms with Crippen molar-refractivity contribution < 1.29 is 9.90 Å². The third-order valence-corrected chi connectivity index (χ3v) is 4.40. The SMILES string of the molecule is CC1CCN(CC(O)CNC(=O)c2ccc3nncn3c2)CC1. The average molecular weight is 317 g/mol. The van der Waals surface area contributed by atoms with E-state index in [1.807, 2.05) is 0 Å². The molecule has 1 saturated heterocycles. The van der Waals surface area contributed by atoms with Crippen LogP contribution in [0.2, 0.25) is 0 Å². The molecule has 2 aromatic rings. The molecule has 1 atom stereocenters. The molecule has 7 heteroatoms. The lowest BCUT2D eigenvalue weighted by molar-refractivity contribution is 0.0795. The van der Waals surface area contributed by atoms with Gasteiger partial charge in [-0.1, -0.05) is 6.92 Å². The summed E-state index contributed by atoms with van der Waals surface area (Å²) in [6.45, 7) is 5.18. The van der Waals surface area contributed by atoms with E-state index < -0.39 is 6.10 Å². The number of nitrogens with zero attached hydrogens (tertiary/aromatic N) is 4. The standard InChI is InChI=1S/C16H23N5O2/c1-12-4-6-20(7-5-12)10-14(22)8-17-16(23)13-2-3-15-19-18-11-21(15)9-13/h2-3,9,11-12,14,22H,4-8,10H2,1H3,(H,17,23). The fourth-order valence-electron chi connectivity index (χ4n) is 2.88. The lowest BCUT2D eigenvalue weighted by Gasteiger charge is -2.31. The largest absolute Gasteiger partial charge is 0.390 e. The van der Waals surface area contributed by atoms with Gasteiger partial charge in [0.1, 0.15) is 6.33 Å². The number of carbonyl (C=O) groups is 1. The number of likely N-dealkylation sites (tertiary alicyclic amines) is 1. The van der Waals surface area contributed by atoms with Crippen LogP contribution in [0.15, 0.2) is 24.7 Å². The molecule has 0 radical (unpaired) electrons. The first-order valence-corrected chi connectivity index (χ1v) is 8.10. The number of β-amino-alcohol motifs (C(OH)–C–C–N with tert-alkyl or cyclic N) is 1. The van der Waals surface area contributed by atoms with Crippen LogP contribution < -0.4 is 5.32 Å². The first-order valence-electron chi connectivity index (χ1n) is 8.10. The van der Waals surface area contributed by atoms with Gasteiger partial charge in [-0.2, -0.15) is 0 Å². The number of aliphatic hydroxyl groups excluding tert-OH is 1. The predicted molar refractivity (Wildman–Crippen MR) is 86.2 cm³/mol. The Morgan fingerprint density at radius 3 is 3.00 bits per heavy atom. The number of rotatable bonds is 5. The van der Waals surface area contributed by atoms with Crippen LogP contribution >= 0.6 is 0 Å². The van der Waals surface area contributed by atoms with Crippen molar-refractivity contribution in [1.29, 1.82) is 0 Å². The smallest absolute Gasteiger partial charge is 0.252 e. The Kier molecular flexibility index (Phi) is 4.88. The van der Waals surface area contributed by atoms with Crippen molar-refractivity contribution in [2.24, 2.45) is 5.92 Å². The number of pyridine rings is 1. The van der Waals surface area contributed by atoms with Crippen LogP contribution in [0.5, 0.6) is 0 Å². The van der Waals surface area contributed by atoms with Gasteiger partial charge in [-0.3, -0.25) is 9.20 Å². The third-order valence-electron chi connectivity index (χ3n) is 4.40. The van der Waals surface area contributed by atoms with Crippen molar-refractivity contribution in [3.8, 4) is 0 Å². The van der Waals surface area contributed by atoms with Gasteiger partial charge >= 0.3 is 0 Å². The third kappa shape index (κ3) is 4.05. The van der Waals surface area contributed by atoms with Crippen molar-refractivity contribution in [3.05, 3.63) is 30.2 Å². The van der Waals surface area contributed by atoms with Gasteiger partial charge in [0.25, 0.3) is 5.91 Å². The van der Waals surface area contributed by atoms with E-state index in [1.54, 1.807) is 29.1 Å². The molecule has 2 N–H and O–H groups in total. The fourth-order valence-corrected chi connectivity index (χ4v) is 2.88.